The summed E-state index contributed by atoms with van der Waals surface area (Å²) >= 11 is 1.66. The first kappa shape index (κ1) is 21.0. The second-order valence-electron chi connectivity index (χ2n) is 6.46. The molecule has 0 saturated carbocycles. The van der Waals surface area contributed by atoms with Crippen LogP contribution in [0.5, 0.6) is 0 Å². The van der Waals surface area contributed by atoms with Gasteiger partial charge in [0.25, 0.3) is 0 Å². The molecule has 0 radical (unpaired) electrons. The van der Waals surface area contributed by atoms with Crippen molar-refractivity contribution in [3.8, 4) is 0 Å². The highest BCUT2D eigenvalue weighted by Gasteiger charge is 2.27. The minimum Gasteiger partial charge on any atom is -0.357 e. The fourth-order valence-electron chi connectivity index (χ4n) is 3.01. The van der Waals surface area contributed by atoms with Crippen molar-refractivity contribution in [2.75, 3.05) is 12.8 Å². The van der Waals surface area contributed by atoms with Gasteiger partial charge < -0.3 is 10.2 Å². The second kappa shape index (κ2) is 10.8. The van der Waals surface area contributed by atoms with Crippen molar-refractivity contribution in [3.63, 3.8) is 0 Å². The lowest BCUT2D eigenvalue weighted by Gasteiger charge is -2.30. The molecule has 0 aliphatic heterocycles. The lowest BCUT2D eigenvalue weighted by molar-refractivity contribution is -0.140. The van der Waals surface area contributed by atoms with E-state index in [-0.39, 0.29) is 11.8 Å². The fourth-order valence-corrected chi connectivity index (χ4v) is 3.87. The Labute approximate surface area is 166 Å². The number of carbonyl (C=O) groups excluding carboxylic acids is 2. The first-order chi connectivity index (χ1) is 13.0. The average molecular weight is 385 g/mol. The van der Waals surface area contributed by atoms with Crippen LogP contribution in [0.25, 0.3) is 0 Å². The molecule has 144 valence electrons. The number of carbonyl (C=O) groups is 2. The van der Waals surface area contributed by atoms with Crippen molar-refractivity contribution in [1.82, 2.24) is 10.2 Å². The molecule has 2 rings (SSSR count). The van der Waals surface area contributed by atoms with Crippen molar-refractivity contribution in [2.24, 2.45) is 0 Å². The van der Waals surface area contributed by atoms with Gasteiger partial charge in [-0.2, -0.15) is 0 Å². The number of benzene rings is 2. The lowest BCUT2D eigenvalue weighted by atomic mass is 10.1. The van der Waals surface area contributed by atoms with Crippen LogP contribution in [0.2, 0.25) is 0 Å². The first-order valence-electron chi connectivity index (χ1n) is 9.29. The quantitative estimate of drug-likeness (QED) is 0.664. The first-order valence-corrected chi connectivity index (χ1v) is 10.3. The van der Waals surface area contributed by atoms with E-state index in [0.29, 0.717) is 25.1 Å². The van der Waals surface area contributed by atoms with Crippen LogP contribution in [-0.2, 0) is 16.1 Å². The number of aryl methyl sites for hydroxylation is 1. The molecule has 0 aliphatic carbocycles. The smallest absolute Gasteiger partial charge is 0.242 e. The van der Waals surface area contributed by atoms with Gasteiger partial charge in [-0.25, -0.2) is 0 Å². The molecule has 0 fully saturated rings. The third-order valence-electron chi connectivity index (χ3n) is 4.40. The number of nitrogens with zero attached hydrogens (tertiary/aromatic N) is 1. The number of thioether (sulfide) groups is 1. The molecular weight excluding hydrogens is 356 g/mol. The van der Waals surface area contributed by atoms with Crippen LogP contribution in [-0.4, -0.2) is 35.6 Å². The highest BCUT2D eigenvalue weighted by molar-refractivity contribution is 7.99. The predicted molar refractivity (Wildman–Crippen MR) is 112 cm³/mol. The number of likely N-dealkylation sites (N-methyl/N-ethyl adjacent to an activating group) is 1. The van der Waals surface area contributed by atoms with Crippen LogP contribution in [0, 0.1) is 6.92 Å². The Morgan fingerprint density at radius 3 is 2.48 bits per heavy atom. The van der Waals surface area contributed by atoms with E-state index in [0.717, 1.165) is 16.0 Å². The summed E-state index contributed by atoms with van der Waals surface area (Å²) in [6.45, 7) is 4.42. The van der Waals surface area contributed by atoms with Crippen LogP contribution in [0.15, 0.2) is 59.5 Å². The molecule has 2 aromatic carbocycles. The standard InChI is InChI=1S/C22H28N2O2S/c1-4-20(22(26)23-3)24(16-18-10-8-9-17(2)15-18)21(25)13-14-27-19-11-6-5-7-12-19/h5-12,15,20H,4,13-14,16H2,1-3H3,(H,23,26)/t20-/m1/s1. The van der Waals surface area contributed by atoms with E-state index in [2.05, 4.69) is 11.4 Å². The van der Waals surface area contributed by atoms with Gasteiger partial charge in [0.1, 0.15) is 6.04 Å². The van der Waals surface area contributed by atoms with E-state index in [1.54, 1.807) is 23.7 Å². The largest absolute Gasteiger partial charge is 0.357 e. The van der Waals surface area contributed by atoms with Gasteiger partial charge in [0, 0.05) is 30.7 Å². The topological polar surface area (TPSA) is 49.4 Å². The number of amides is 2. The van der Waals surface area contributed by atoms with Crippen molar-refractivity contribution >= 4 is 23.6 Å². The second-order valence-corrected chi connectivity index (χ2v) is 7.63. The number of nitrogens with one attached hydrogen (secondary N) is 1. The van der Waals surface area contributed by atoms with Gasteiger partial charge in [0.05, 0.1) is 0 Å². The van der Waals surface area contributed by atoms with Crippen LogP contribution >= 0.6 is 11.8 Å². The van der Waals surface area contributed by atoms with E-state index in [4.69, 9.17) is 0 Å². The summed E-state index contributed by atoms with van der Waals surface area (Å²) in [5.41, 5.74) is 2.19. The number of hydrogen-bond donors (Lipinski definition) is 1. The van der Waals surface area contributed by atoms with E-state index in [1.165, 1.54) is 0 Å². The molecule has 5 heteroatoms. The number of hydrogen-bond acceptors (Lipinski definition) is 3. The summed E-state index contributed by atoms with van der Waals surface area (Å²) in [6.07, 6.45) is 0.988. The minimum atomic E-state index is -0.454. The normalized spacial score (nSPS) is 11.7. The third-order valence-corrected chi connectivity index (χ3v) is 5.41. The van der Waals surface area contributed by atoms with Gasteiger partial charge in [0.15, 0.2) is 0 Å². The van der Waals surface area contributed by atoms with Gasteiger partial charge in [-0.1, -0.05) is 55.0 Å². The monoisotopic (exact) mass is 384 g/mol. The maximum atomic E-state index is 13.0. The highest BCUT2D eigenvalue weighted by Crippen LogP contribution is 2.20. The molecule has 1 N–H and O–H groups in total. The number of rotatable bonds is 9. The summed E-state index contributed by atoms with van der Waals surface area (Å²) in [6, 6.07) is 17.7. The summed E-state index contributed by atoms with van der Waals surface area (Å²) in [5.74, 6) is 0.585. The average Bonchev–Trinajstić information content (AvgIpc) is 2.68. The van der Waals surface area contributed by atoms with E-state index >= 15 is 0 Å². The molecule has 0 aromatic heterocycles. The maximum Gasteiger partial charge on any atom is 0.242 e. The van der Waals surface area contributed by atoms with E-state index in [9.17, 15) is 9.59 Å². The molecule has 1 atom stereocenters. The summed E-state index contributed by atoms with van der Waals surface area (Å²) in [4.78, 5) is 28.2. The Hall–Kier alpha value is -2.27. The zero-order valence-electron chi connectivity index (χ0n) is 16.3. The predicted octanol–water partition coefficient (Wildman–Crippen LogP) is 4.03. The van der Waals surface area contributed by atoms with Gasteiger partial charge in [-0.3, -0.25) is 9.59 Å². The Kier molecular flexibility index (Phi) is 8.40. The molecular formula is C22H28N2O2S. The van der Waals surface area contributed by atoms with Crippen molar-refractivity contribution in [3.05, 3.63) is 65.7 Å². The van der Waals surface area contributed by atoms with Crippen molar-refractivity contribution < 1.29 is 9.59 Å². The molecule has 0 spiro atoms. The summed E-state index contributed by atoms with van der Waals surface area (Å²) in [5, 5.41) is 2.69. The maximum absolute atomic E-state index is 13.0. The Bertz CT molecular complexity index is 749. The molecule has 2 aromatic rings. The molecule has 2 amide bonds. The molecule has 0 aliphatic rings. The zero-order chi connectivity index (χ0) is 19.6. The van der Waals surface area contributed by atoms with Crippen molar-refractivity contribution in [2.45, 2.75) is 44.2 Å². The van der Waals surface area contributed by atoms with Gasteiger partial charge in [-0.05, 0) is 31.0 Å². The Balaban J connectivity index is 2.09. The van der Waals surface area contributed by atoms with E-state index < -0.39 is 6.04 Å². The molecule has 0 unspecified atom stereocenters. The van der Waals surface area contributed by atoms with Crippen LogP contribution in [0.3, 0.4) is 0 Å². The highest BCUT2D eigenvalue weighted by atomic mass is 32.2. The van der Waals surface area contributed by atoms with Crippen molar-refractivity contribution in [1.29, 1.82) is 0 Å². The fraction of sp³-hybridized carbons (Fsp3) is 0.364. The summed E-state index contributed by atoms with van der Waals surface area (Å²) < 4.78 is 0. The van der Waals surface area contributed by atoms with Crippen LogP contribution in [0.1, 0.15) is 30.9 Å². The van der Waals surface area contributed by atoms with Crippen LogP contribution < -0.4 is 5.32 Å². The minimum absolute atomic E-state index is 0.00962. The van der Waals surface area contributed by atoms with E-state index in [1.807, 2.05) is 62.4 Å². The molecule has 27 heavy (non-hydrogen) atoms. The zero-order valence-corrected chi connectivity index (χ0v) is 17.1. The van der Waals surface area contributed by atoms with Gasteiger partial charge in [-0.15, -0.1) is 11.8 Å². The Morgan fingerprint density at radius 2 is 1.85 bits per heavy atom. The molecule has 0 saturated heterocycles. The SMILES string of the molecule is CC[C@H](C(=O)NC)N(Cc1cccc(C)c1)C(=O)CCSc1ccccc1. The molecule has 0 heterocycles. The van der Waals surface area contributed by atoms with Gasteiger partial charge >= 0.3 is 0 Å². The Morgan fingerprint density at radius 1 is 1.11 bits per heavy atom. The van der Waals surface area contributed by atoms with Gasteiger partial charge in [0.2, 0.25) is 11.8 Å². The lowest BCUT2D eigenvalue weighted by Crippen LogP contribution is -2.48. The van der Waals surface area contributed by atoms with Crippen LogP contribution in [0.4, 0.5) is 0 Å². The summed E-state index contributed by atoms with van der Waals surface area (Å²) in [7, 11) is 1.62. The molecule has 0 bridgehead atoms. The molecule has 4 nitrogen and oxygen atoms in total. The third kappa shape index (κ3) is 6.43.